The Kier molecular flexibility index (Phi) is 5.37. The zero-order valence-corrected chi connectivity index (χ0v) is 14.5. The molecule has 1 aliphatic rings. The van der Waals surface area contributed by atoms with Gasteiger partial charge >= 0.3 is 0 Å². The van der Waals surface area contributed by atoms with E-state index in [-0.39, 0.29) is 11.9 Å². The number of halogens is 1. The molecule has 4 nitrogen and oxygen atoms in total. The molecule has 128 valence electrons. The summed E-state index contributed by atoms with van der Waals surface area (Å²) in [6.07, 6.45) is 5.79. The Bertz CT molecular complexity index is 813. The summed E-state index contributed by atoms with van der Waals surface area (Å²) in [4.78, 5) is 16.2. The van der Waals surface area contributed by atoms with Crippen molar-refractivity contribution in [3.8, 4) is 11.8 Å². The van der Waals surface area contributed by atoms with E-state index < -0.39 is 5.60 Å². The van der Waals surface area contributed by atoms with Gasteiger partial charge in [0.1, 0.15) is 5.60 Å². The molecule has 1 fully saturated rings. The lowest BCUT2D eigenvalue weighted by atomic mass is 9.82. The van der Waals surface area contributed by atoms with E-state index in [9.17, 15) is 9.90 Å². The Morgan fingerprint density at radius 1 is 1.36 bits per heavy atom. The average Bonchev–Trinajstić information content (AvgIpc) is 2.61. The van der Waals surface area contributed by atoms with Gasteiger partial charge in [0.25, 0.3) is 5.91 Å². The van der Waals surface area contributed by atoms with Gasteiger partial charge in [0.15, 0.2) is 0 Å². The smallest absolute Gasteiger partial charge is 0.253 e. The number of carbonyl (C=O) groups is 1. The molecule has 0 radical (unpaired) electrons. The summed E-state index contributed by atoms with van der Waals surface area (Å²) in [7, 11) is 0. The van der Waals surface area contributed by atoms with Gasteiger partial charge in [0.2, 0.25) is 0 Å². The molecule has 1 aromatic heterocycles. The van der Waals surface area contributed by atoms with Gasteiger partial charge < -0.3 is 10.4 Å². The molecule has 2 aromatic rings. The SMILES string of the molecule is O=C(NC1CCCC(O)(C#Cc2cccc(Cl)c2)C1)c1cccnc1. The second-order valence-corrected chi connectivity index (χ2v) is 6.74. The maximum atomic E-state index is 12.3. The van der Waals surface area contributed by atoms with Crippen molar-refractivity contribution >= 4 is 17.5 Å². The van der Waals surface area contributed by atoms with Gasteiger partial charge in [-0.2, -0.15) is 0 Å². The monoisotopic (exact) mass is 354 g/mol. The van der Waals surface area contributed by atoms with E-state index in [1.54, 1.807) is 30.5 Å². The van der Waals surface area contributed by atoms with Crippen LogP contribution in [0.15, 0.2) is 48.8 Å². The summed E-state index contributed by atoms with van der Waals surface area (Å²) in [5.41, 5.74) is 0.178. The van der Waals surface area contributed by atoms with E-state index in [0.717, 1.165) is 18.4 Å². The molecule has 5 heteroatoms. The summed E-state index contributed by atoms with van der Waals surface area (Å²) in [5.74, 6) is 5.79. The first-order valence-electron chi connectivity index (χ1n) is 8.26. The third-order valence-electron chi connectivity index (χ3n) is 4.25. The molecule has 2 unspecified atom stereocenters. The molecule has 1 aromatic carbocycles. The van der Waals surface area contributed by atoms with Gasteiger partial charge in [-0.3, -0.25) is 9.78 Å². The highest BCUT2D eigenvalue weighted by atomic mass is 35.5. The minimum atomic E-state index is -1.10. The second kappa shape index (κ2) is 7.69. The molecule has 0 bridgehead atoms. The van der Waals surface area contributed by atoms with Crippen LogP contribution < -0.4 is 5.32 Å². The highest BCUT2D eigenvalue weighted by Gasteiger charge is 2.33. The molecule has 1 saturated carbocycles. The fraction of sp³-hybridized carbons (Fsp3) is 0.300. The number of pyridine rings is 1. The summed E-state index contributed by atoms with van der Waals surface area (Å²) in [6, 6.07) is 10.6. The van der Waals surface area contributed by atoms with Gasteiger partial charge in [0, 0.05) is 35.4 Å². The van der Waals surface area contributed by atoms with Crippen LogP contribution in [-0.4, -0.2) is 27.6 Å². The third kappa shape index (κ3) is 4.82. The fourth-order valence-electron chi connectivity index (χ4n) is 3.01. The Morgan fingerprint density at radius 2 is 2.24 bits per heavy atom. The van der Waals surface area contributed by atoms with Crippen molar-refractivity contribution in [2.24, 2.45) is 0 Å². The topological polar surface area (TPSA) is 62.2 Å². The number of aromatic nitrogens is 1. The lowest BCUT2D eigenvalue weighted by Gasteiger charge is -2.33. The van der Waals surface area contributed by atoms with E-state index in [1.165, 1.54) is 6.20 Å². The van der Waals surface area contributed by atoms with E-state index in [1.807, 2.05) is 12.1 Å². The van der Waals surface area contributed by atoms with E-state index in [2.05, 4.69) is 22.1 Å². The van der Waals surface area contributed by atoms with Crippen LogP contribution in [-0.2, 0) is 0 Å². The Labute approximate surface area is 152 Å². The van der Waals surface area contributed by atoms with Crippen molar-refractivity contribution < 1.29 is 9.90 Å². The summed E-state index contributed by atoms with van der Waals surface area (Å²) in [5, 5.41) is 14.4. The van der Waals surface area contributed by atoms with E-state index >= 15 is 0 Å². The number of amides is 1. The number of aliphatic hydroxyl groups is 1. The number of rotatable bonds is 2. The van der Waals surface area contributed by atoms with Crippen molar-refractivity contribution in [2.75, 3.05) is 0 Å². The minimum absolute atomic E-state index is 0.111. The predicted octanol–water partition coefficient (Wildman–Crippen LogP) is 3.19. The van der Waals surface area contributed by atoms with Gasteiger partial charge in [-0.25, -0.2) is 0 Å². The standard InChI is InChI=1S/C20H19ClN2O2/c21-17-6-1-4-15(12-17)8-10-20(25)9-2-7-18(13-20)23-19(24)16-5-3-11-22-14-16/h1,3-6,11-12,14,18,25H,2,7,9,13H2,(H,23,24). The maximum Gasteiger partial charge on any atom is 0.253 e. The zero-order chi connectivity index (χ0) is 17.7. The summed E-state index contributed by atoms with van der Waals surface area (Å²) >= 11 is 5.96. The van der Waals surface area contributed by atoms with Crippen molar-refractivity contribution in [1.82, 2.24) is 10.3 Å². The van der Waals surface area contributed by atoms with E-state index in [0.29, 0.717) is 23.4 Å². The quantitative estimate of drug-likeness (QED) is 0.814. The van der Waals surface area contributed by atoms with Crippen LogP contribution in [0.3, 0.4) is 0 Å². The molecule has 2 N–H and O–H groups in total. The molecular formula is C20H19ClN2O2. The average molecular weight is 355 g/mol. The first kappa shape index (κ1) is 17.5. The molecule has 3 rings (SSSR count). The van der Waals surface area contributed by atoms with Crippen molar-refractivity contribution in [2.45, 2.75) is 37.3 Å². The molecule has 1 heterocycles. The molecule has 1 amide bonds. The summed E-state index contributed by atoms with van der Waals surface area (Å²) in [6.45, 7) is 0. The lowest BCUT2D eigenvalue weighted by Crippen LogP contribution is -2.45. The normalized spacial score (nSPS) is 22.6. The highest BCUT2D eigenvalue weighted by molar-refractivity contribution is 6.30. The van der Waals surface area contributed by atoms with Gasteiger partial charge in [-0.15, -0.1) is 0 Å². The zero-order valence-electron chi connectivity index (χ0n) is 13.7. The Balaban J connectivity index is 1.67. The molecular weight excluding hydrogens is 336 g/mol. The lowest BCUT2D eigenvalue weighted by molar-refractivity contribution is 0.0452. The second-order valence-electron chi connectivity index (χ2n) is 6.30. The molecule has 0 saturated heterocycles. The van der Waals surface area contributed by atoms with Crippen molar-refractivity contribution in [3.63, 3.8) is 0 Å². The fourth-order valence-corrected chi connectivity index (χ4v) is 3.20. The van der Waals surface area contributed by atoms with Crippen LogP contribution in [0.5, 0.6) is 0 Å². The van der Waals surface area contributed by atoms with Crippen LogP contribution in [0, 0.1) is 11.8 Å². The first-order chi connectivity index (χ1) is 12.0. The van der Waals surface area contributed by atoms with Gasteiger partial charge in [-0.1, -0.05) is 29.5 Å². The van der Waals surface area contributed by atoms with Crippen LogP contribution in [0.1, 0.15) is 41.6 Å². The van der Waals surface area contributed by atoms with Crippen LogP contribution in [0.4, 0.5) is 0 Å². The largest absolute Gasteiger partial charge is 0.378 e. The van der Waals surface area contributed by atoms with Gasteiger partial charge in [0.05, 0.1) is 5.56 Å². The molecule has 25 heavy (non-hydrogen) atoms. The molecule has 1 aliphatic carbocycles. The highest BCUT2D eigenvalue weighted by Crippen LogP contribution is 2.28. The summed E-state index contributed by atoms with van der Waals surface area (Å²) < 4.78 is 0. The maximum absolute atomic E-state index is 12.3. The van der Waals surface area contributed by atoms with Crippen LogP contribution in [0.2, 0.25) is 5.02 Å². The molecule has 2 atom stereocenters. The Hall–Kier alpha value is -2.35. The number of nitrogens with one attached hydrogen (secondary N) is 1. The number of nitrogens with zero attached hydrogens (tertiary/aromatic N) is 1. The van der Waals surface area contributed by atoms with Crippen LogP contribution in [0.25, 0.3) is 0 Å². The van der Waals surface area contributed by atoms with E-state index in [4.69, 9.17) is 11.6 Å². The van der Waals surface area contributed by atoms with Gasteiger partial charge in [-0.05, 0) is 49.6 Å². The molecule has 0 spiro atoms. The number of hydrogen-bond acceptors (Lipinski definition) is 3. The number of benzene rings is 1. The Morgan fingerprint density at radius 3 is 3.00 bits per heavy atom. The number of hydrogen-bond donors (Lipinski definition) is 2. The third-order valence-corrected chi connectivity index (χ3v) is 4.49. The van der Waals surface area contributed by atoms with Crippen LogP contribution >= 0.6 is 11.6 Å². The number of carbonyl (C=O) groups excluding carboxylic acids is 1. The molecule has 0 aliphatic heterocycles. The van der Waals surface area contributed by atoms with Crippen molar-refractivity contribution in [3.05, 3.63) is 64.9 Å². The van der Waals surface area contributed by atoms with Crippen molar-refractivity contribution in [1.29, 1.82) is 0 Å². The first-order valence-corrected chi connectivity index (χ1v) is 8.64. The predicted molar refractivity (Wildman–Crippen MR) is 97.2 cm³/mol. The minimum Gasteiger partial charge on any atom is -0.378 e.